The first-order valence-corrected chi connectivity index (χ1v) is 9.29. The van der Waals surface area contributed by atoms with Crippen LogP contribution in [-0.2, 0) is 18.0 Å². The standard InChI is InChI=1S/C18H18F3N3O2S/c1-23-10-11-27-17(23)22-15(25)12-6-8-24(9-7-12)16(26)13-2-4-14(5-3-13)18(19,20)21/h2-5,10-12H,6-9H2,1H3. The minimum atomic E-state index is -4.43. The fourth-order valence-electron chi connectivity index (χ4n) is 2.93. The van der Waals surface area contributed by atoms with E-state index in [9.17, 15) is 22.8 Å². The van der Waals surface area contributed by atoms with E-state index in [-0.39, 0.29) is 23.3 Å². The summed E-state index contributed by atoms with van der Waals surface area (Å²) in [4.78, 5) is 31.1. The van der Waals surface area contributed by atoms with Crippen LogP contribution in [-0.4, -0.2) is 34.4 Å². The molecule has 5 nitrogen and oxygen atoms in total. The van der Waals surface area contributed by atoms with Crippen molar-refractivity contribution in [2.45, 2.75) is 19.0 Å². The molecule has 9 heteroatoms. The van der Waals surface area contributed by atoms with Crippen molar-refractivity contribution in [3.8, 4) is 0 Å². The molecule has 1 aliphatic rings. The molecule has 2 aromatic rings. The van der Waals surface area contributed by atoms with Crippen LogP contribution in [0.15, 0.2) is 40.8 Å². The van der Waals surface area contributed by atoms with E-state index in [2.05, 4.69) is 4.99 Å². The number of rotatable bonds is 2. The van der Waals surface area contributed by atoms with Gasteiger partial charge in [-0.25, -0.2) is 0 Å². The molecular formula is C18H18F3N3O2S. The molecule has 0 N–H and O–H groups in total. The quantitative estimate of drug-likeness (QED) is 0.782. The Balaban J connectivity index is 1.61. The molecule has 144 valence electrons. The summed E-state index contributed by atoms with van der Waals surface area (Å²) in [6.45, 7) is 0.755. The summed E-state index contributed by atoms with van der Waals surface area (Å²) in [6, 6.07) is 4.19. The zero-order valence-corrected chi connectivity index (χ0v) is 15.4. The van der Waals surface area contributed by atoms with Gasteiger partial charge in [0.2, 0.25) is 0 Å². The predicted octanol–water partition coefficient (Wildman–Crippen LogP) is 3.09. The third-order valence-electron chi connectivity index (χ3n) is 4.56. The Morgan fingerprint density at radius 2 is 1.78 bits per heavy atom. The van der Waals surface area contributed by atoms with Crippen LogP contribution >= 0.6 is 11.3 Å². The second-order valence-corrected chi connectivity index (χ2v) is 7.26. The first kappa shape index (κ1) is 19.3. The van der Waals surface area contributed by atoms with Gasteiger partial charge in [-0.3, -0.25) is 9.59 Å². The molecule has 0 aliphatic carbocycles. The minimum absolute atomic E-state index is 0.199. The van der Waals surface area contributed by atoms with Crippen LogP contribution in [0.4, 0.5) is 13.2 Å². The van der Waals surface area contributed by atoms with Gasteiger partial charge in [-0.2, -0.15) is 18.2 Å². The number of carbonyl (C=O) groups is 2. The van der Waals surface area contributed by atoms with E-state index in [0.29, 0.717) is 30.7 Å². The van der Waals surface area contributed by atoms with Crippen LogP contribution < -0.4 is 4.80 Å². The predicted molar refractivity (Wildman–Crippen MR) is 93.9 cm³/mol. The molecule has 1 saturated heterocycles. The van der Waals surface area contributed by atoms with Gasteiger partial charge in [0, 0.05) is 43.2 Å². The van der Waals surface area contributed by atoms with Crippen molar-refractivity contribution in [1.29, 1.82) is 0 Å². The van der Waals surface area contributed by atoms with E-state index in [1.807, 2.05) is 18.6 Å². The van der Waals surface area contributed by atoms with E-state index < -0.39 is 11.7 Å². The van der Waals surface area contributed by atoms with E-state index in [0.717, 1.165) is 12.1 Å². The van der Waals surface area contributed by atoms with Gasteiger partial charge >= 0.3 is 6.18 Å². The second kappa shape index (κ2) is 7.67. The fourth-order valence-corrected chi connectivity index (χ4v) is 3.67. The Kier molecular flexibility index (Phi) is 5.50. The van der Waals surface area contributed by atoms with Gasteiger partial charge in [0.25, 0.3) is 11.8 Å². The smallest absolute Gasteiger partial charge is 0.339 e. The monoisotopic (exact) mass is 397 g/mol. The van der Waals surface area contributed by atoms with Crippen LogP contribution in [0.1, 0.15) is 28.8 Å². The number of piperidine rings is 1. The van der Waals surface area contributed by atoms with Crippen LogP contribution in [0.3, 0.4) is 0 Å². The Bertz CT molecular complexity index is 892. The van der Waals surface area contributed by atoms with Gasteiger partial charge in [-0.05, 0) is 37.1 Å². The van der Waals surface area contributed by atoms with Gasteiger partial charge in [0.15, 0.2) is 4.80 Å². The lowest BCUT2D eigenvalue weighted by Gasteiger charge is -2.30. The average molecular weight is 397 g/mol. The minimum Gasteiger partial charge on any atom is -0.339 e. The van der Waals surface area contributed by atoms with Crippen LogP contribution in [0, 0.1) is 5.92 Å². The van der Waals surface area contributed by atoms with Gasteiger partial charge in [-0.15, -0.1) is 11.3 Å². The highest BCUT2D eigenvalue weighted by atomic mass is 32.1. The molecule has 0 radical (unpaired) electrons. The lowest BCUT2D eigenvalue weighted by molar-refractivity contribution is -0.137. The number of nitrogens with zero attached hydrogens (tertiary/aromatic N) is 3. The van der Waals surface area contributed by atoms with Crippen molar-refractivity contribution in [2.24, 2.45) is 18.0 Å². The van der Waals surface area contributed by atoms with Gasteiger partial charge in [0.1, 0.15) is 0 Å². The first-order valence-electron chi connectivity index (χ1n) is 8.41. The summed E-state index contributed by atoms with van der Waals surface area (Å²) in [5, 5.41) is 1.84. The second-order valence-electron chi connectivity index (χ2n) is 6.39. The molecule has 27 heavy (non-hydrogen) atoms. The third kappa shape index (κ3) is 4.47. The number of benzene rings is 1. The Labute approximate surface area is 157 Å². The molecule has 1 aromatic carbocycles. The molecule has 0 saturated carbocycles. The molecule has 0 unspecified atom stereocenters. The highest BCUT2D eigenvalue weighted by molar-refractivity contribution is 7.07. The summed E-state index contributed by atoms with van der Waals surface area (Å²) >= 11 is 1.38. The van der Waals surface area contributed by atoms with E-state index in [1.165, 1.54) is 23.5 Å². The highest BCUT2D eigenvalue weighted by Crippen LogP contribution is 2.29. The highest BCUT2D eigenvalue weighted by Gasteiger charge is 2.31. The lowest BCUT2D eigenvalue weighted by atomic mass is 9.95. The number of aryl methyl sites for hydroxylation is 1. The average Bonchev–Trinajstić information content (AvgIpc) is 3.05. The number of thiazole rings is 1. The zero-order valence-electron chi connectivity index (χ0n) is 14.6. The number of carbonyl (C=O) groups excluding carboxylic acids is 2. The number of alkyl halides is 3. The lowest BCUT2D eigenvalue weighted by Crippen LogP contribution is -2.40. The maximum atomic E-state index is 12.6. The summed E-state index contributed by atoms with van der Waals surface area (Å²) in [5.41, 5.74) is -0.574. The van der Waals surface area contributed by atoms with Crippen LogP contribution in [0.25, 0.3) is 0 Å². The fraction of sp³-hybridized carbons (Fsp3) is 0.389. The molecule has 1 aliphatic heterocycles. The summed E-state index contributed by atoms with van der Waals surface area (Å²) in [5.74, 6) is -0.769. The summed E-state index contributed by atoms with van der Waals surface area (Å²) in [7, 11) is 1.81. The van der Waals surface area contributed by atoms with Crippen LogP contribution in [0.5, 0.6) is 0 Å². The molecule has 0 atom stereocenters. The summed E-state index contributed by atoms with van der Waals surface area (Å²) < 4.78 is 39.6. The van der Waals surface area contributed by atoms with Crippen molar-refractivity contribution in [2.75, 3.05) is 13.1 Å². The van der Waals surface area contributed by atoms with Crippen molar-refractivity contribution < 1.29 is 22.8 Å². The van der Waals surface area contributed by atoms with Gasteiger partial charge in [-0.1, -0.05) is 0 Å². The molecule has 1 fully saturated rings. The van der Waals surface area contributed by atoms with E-state index in [4.69, 9.17) is 0 Å². The maximum absolute atomic E-state index is 12.6. The summed E-state index contributed by atoms with van der Waals surface area (Å²) in [6.07, 6.45) is -1.63. The zero-order chi connectivity index (χ0) is 19.6. The molecule has 0 spiro atoms. The number of aromatic nitrogens is 1. The van der Waals surface area contributed by atoms with Gasteiger partial charge in [0.05, 0.1) is 5.56 Å². The van der Waals surface area contributed by atoms with E-state index >= 15 is 0 Å². The SMILES string of the molecule is Cn1ccsc1=NC(=O)C1CCN(C(=O)c2ccc(C(F)(F)F)cc2)CC1. The molecule has 1 aromatic heterocycles. The number of amides is 2. The number of hydrogen-bond acceptors (Lipinski definition) is 3. The van der Waals surface area contributed by atoms with Crippen LogP contribution in [0.2, 0.25) is 0 Å². The largest absolute Gasteiger partial charge is 0.416 e. The normalized spacial score (nSPS) is 16.6. The molecule has 2 amide bonds. The van der Waals surface area contributed by atoms with Gasteiger partial charge < -0.3 is 9.47 Å². The molecule has 3 rings (SSSR count). The van der Waals surface area contributed by atoms with Crippen molar-refractivity contribution in [3.05, 3.63) is 51.8 Å². The van der Waals surface area contributed by atoms with Crippen molar-refractivity contribution >= 4 is 23.2 Å². The first-order chi connectivity index (χ1) is 12.8. The Morgan fingerprint density at radius 3 is 2.30 bits per heavy atom. The number of hydrogen-bond donors (Lipinski definition) is 0. The van der Waals surface area contributed by atoms with Crippen molar-refractivity contribution in [3.63, 3.8) is 0 Å². The van der Waals surface area contributed by atoms with E-state index in [1.54, 1.807) is 9.47 Å². The number of halogens is 3. The third-order valence-corrected chi connectivity index (χ3v) is 5.40. The Morgan fingerprint density at radius 1 is 1.15 bits per heavy atom. The molecular weight excluding hydrogens is 379 g/mol. The van der Waals surface area contributed by atoms with Crippen molar-refractivity contribution in [1.82, 2.24) is 9.47 Å². The molecule has 2 heterocycles. The number of likely N-dealkylation sites (tertiary alicyclic amines) is 1. The maximum Gasteiger partial charge on any atom is 0.416 e. The Hall–Kier alpha value is -2.42. The molecule has 0 bridgehead atoms. The topological polar surface area (TPSA) is 54.7 Å².